The van der Waals surface area contributed by atoms with Crippen LogP contribution in [0.4, 0.5) is 0 Å². The van der Waals surface area contributed by atoms with Crippen LogP contribution >= 0.6 is 0 Å². The van der Waals surface area contributed by atoms with E-state index in [-0.39, 0.29) is 0 Å². The fourth-order valence-corrected chi connectivity index (χ4v) is 3.51. The van der Waals surface area contributed by atoms with Crippen LogP contribution in [0.5, 0.6) is 0 Å². The Bertz CT molecular complexity index is 1020. The van der Waals surface area contributed by atoms with Gasteiger partial charge in [0, 0.05) is 17.8 Å². The fourth-order valence-electron chi connectivity index (χ4n) is 3.51. The van der Waals surface area contributed by atoms with Crippen LogP contribution in [0.2, 0.25) is 0 Å². The first-order valence-corrected chi connectivity index (χ1v) is 12.9. The Morgan fingerprint density at radius 2 is 0.794 bits per heavy atom. The van der Waals surface area contributed by atoms with Gasteiger partial charge in [0.15, 0.2) is 0 Å². The first-order valence-electron chi connectivity index (χ1n) is 12.9. The third-order valence-electron chi connectivity index (χ3n) is 5.74. The minimum Gasteiger partial charge on any atom is -0.249 e. The van der Waals surface area contributed by atoms with Crippen molar-refractivity contribution in [2.45, 2.75) is 119 Å². The Morgan fingerprint density at radius 3 is 1.12 bits per heavy atom. The molecule has 186 valence electrons. The maximum absolute atomic E-state index is 4.88. The van der Waals surface area contributed by atoms with Gasteiger partial charge in [-0.2, -0.15) is 0 Å². The Kier molecular flexibility index (Phi) is 9.66. The van der Waals surface area contributed by atoms with E-state index in [1.807, 2.05) is 0 Å². The summed E-state index contributed by atoms with van der Waals surface area (Å²) in [6.45, 7) is 25.9. The molecule has 0 bridgehead atoms. The molecular weight excluding hydrogens is 418 g/mol. The van der Waals surface area contributed by atoms with Crippen LogP contribution < -0.4 is 0 Å². The molecule has 5 heteroatoms. The molecule has 5 nitrogen and oxygen atoms in total. The third kappa shape index (κ3) is 7.04. The summed E-state index contributed by atoms with van der Waals surface area (Å²) in [5.41, 5.74) is 5.65. The minimum absolute atomic E-state index is 0.364. The van der Waals surface area contributed by atoms with Crippen LogP contribution in [0.25, 0.3) is 11.0 Å². The number of fused-ring (bicyclic) bond motifs is 1. The molecule has 3 rings (SSSR count). The summed E-state index contributed by atoms with van der Waals surface area (Å²) in [4.78, 5) is 23.2. The molecule has 2 aromatic heterocycles. The lowest BCUT2D eigenvalue weighted by molar-refractivity contribution is 0.644. The molecule has 0 radical (unpaired) electrons. The van der Waals surface area contributed by atoms with E-state index in [0.29, 0.717) is 35.5 Å². The van der Waals surface area contributed by atoms with Crippen molar-refractivity contribution in [3.05, 3.63) is 52.6 Å². The molecule has 34 heavy (non-hydrogen) atoms. The smallest absolute Gasteiger partial charge is 0.135 e. The normalized spacial score (nSPS) is 11.9. The minimum atomic E-state index is 0.364. The fraction of sp³-hybridized carbons (Fsp3) is 0.621. The predicted molar refractivity (Wildman–Crippen MR) is 144 cm³/mol. The Hall–Kier alpha value is -2.43. The third-order valence-corrected chi connectivity index (χ3v) is 5.74. The molecule has 0 amide bonds. The van der Waals surface area contributed by atoms with E-state index in [2.05, 4.69) is 116 Å². The summed E-state index contributed by atoms with van der Waals surface area (Å²) < 4.78 is 0. The highest BCUT2D eigenvalue weighted by atomic mass is 15.0. The van der Waals surface area contributed by atoms with Crippen molar-refractivity contribution < 1.29 is 0 Å². The van der Waals surface area contributed by atoms with Gasteiger partial charge in [-0.15, -0.1) is 0 Å². The zero-order valence-electron chi connectivity index (χ0n) is 23.4. The van der Waals surface area contributed by atoms with Crippen LogP contribution in [-0.2, 0) is 0 Å². The Labute approximate surface area is 207 Å². The summed E-state index contributed by atoms with van der Waals surface area (Å²) in [6, 6.07) is 6.46. The van der Waals surface area contributed by atoms with Crippen molar-refractivity contribution in [2.24, 2.45) is 0 Å². The highest BCUT2D eigenvalue weighted by molar-refractivity contribution is 5.75. The molecule has 0 atom stereocenters. The van der Waals surface area contributed by atoms with E-state index in [0.717, 1.165) is 39.9 Å². The number of rotatable bonds is 6. The average Bonchev–Trinajstić information content (AvgIpc) is 2.77. The van der Waals surface area contributed by atoms with Crippen LogP contribution in [-0.4, -0.2) is 24.9 Å². The van der Waals surface area contributed by atoms with Gasteiger partial charge in [-0.25, -0.2) is 24.9 Å². The van der Waals surface area contributed by atoms with Gasteiger partial charge in [-0.05, 0) is 35.4 Å². The molecule has 0 fully saturated rings. The first kappa shape index (κ1) is 27.8. The summed E-state index contributed by atoms with van der Waals surface area (Å²) in [5, 5.41) is 0. The molecule has 0 N–H and O–H groups in total. The summed E-state index contributed by atoms with van der Waals surface area (Å²) in [5.74, 6) is 5.19. The predicted octanol–water partition coefficient (Wildman–Crippen LogP) is 8.24. The van der Waals surface area contributed by atoms with Crippen molar-refractivity contribution in [1.82, 2.24) is 24.9 Å². The van der Waals surface area contributed by atoms with Crippen molar-refractivity contribution in [2.75, 3.05) is 0 Å². The van der Waals surface area contributed by atoms with E-state index < -0.39 is 0 Å². The molecule has 0 aliphatic carbocycles. The first-order chi connectivity index (χ1) is 15.8. The highest BCUT2D eigenvalue weighted by Crippen LogP contribution is 2.27. The monoisotopic (exact) mass is 463 g/mol. The lowest BCUT2D eigenvalue weighted by atomic mass is 9.99. The van der Waals surface area contributed by atoms with E-state index in [4.69, 9.17) is 9.97 Å². The van der Waals surface area contributed by atoms with Crippen molar-refractivity contribution in [3.63, 3.8) is 0 Å². The SMILES string of the molecule is CC(C)c1ccc2nc(C(C)C)c(C(C)C)nc2c1.CC(C)c1nc(C(C)C)nc(C(C)C)n1. The van der Waals surface area contributed by atoms with Crippen LogP contribution in [0.1, 0.15) is 153 Å². The van der Waals surface area contributed by atoms with Gasteiger partial charge < -0.3 is 0 Å². The topological polar surface area (TPSA) is 64.5 Å². The molecule has 1 aromatic carbocycles. The lowest BCUT2D eigenvalue weighted by Gasteiger charge is -2.15. The van der Waals surface area contributed by atoms with Crippen molar-refractivity contribution >= 4 is 11.0 Å². The lowest BCUT2D eigenvalue weighted by Crippen LogP contribution is -2.11. The maximum atomic E-state index is 4.88. The van der Waals surface area contributed by atoms with Gasteiger partial charge in [0.1, 0.15) is 17.5 Å². The standard InChI is InChI=1S/C17H24N2.C12H21N3/c1-10(2)13-7-8-14-15(9-13)19-17(12(5)6)16(18-14)11(3)4;1-7(2)10-13-11(8(3)4)15-12(14-10)9(5)6/h7-12H,1-6H3;7-9H,1-6H3. The maximum Gasteiger partial charge on any atom is 0.135 e. The zero-order valence-corrected chi connectivity index (χ0v) is 23.4. The Balaban J connectivity index is 0.000000248. The van der Waals surface area contributed by atoms with Crippen LogP contribution in [0.15, 0.2) is 18.2 Å². The summed E-state index contributed by atoms with van der Waals surface area (Å²) in [7, 11) is 0. The molecule has 0 unspecified atom stereocenters. The van der Waals surface area contributed by atoms with Gasteiger partial charge in [-0.3, -0.25) is 0 Å². The van der Waals surface area contributed by atoms with Gasteiger partial charge in [0.2, 0.25) is 0 Å². The Morgan fingerprint density at radius 1 is 0.412 bits per heavy atom. The molecule has 3 aromatic rings. The van der Waals surface area contributed by atoms with E-state index in [1.165, 1.54) is 5.56 Å². The average molecular weight is 464 g/mol. The number of nitrogens with zero attached hydrogens (tertiary/aromatic N) is 5. The highest BCUT2D eigenvalue weighted by Gasteiger charge is 2.16. The molecule has 0 saturated carbocycles. The second-order valence-electron chi connectivity index (χ2n) is 11.1. The largest absolute Gasteiger partial charge is 0.249 e. The second-order valence-corrected chi connectivity index (χ2v) is 11.1. The molecule has 2 heterocycles. The van der Waals surface area contributed by atoms with Crippen LogP contribution in [0, 0.1) is 0 Å². The molecule has 0 aliphatic rings. The van der Waals surface area contributed by atoms with E-state index in [9.17, 15) is 0 Å². The molecule has 0 saturated heterocycles. The number of hydrogen-bond acceptors (Lipinski definition) is 5. The van der Waals surface area contributed by atoms with Gasteiger partial charge in [-0.1, -0.05) is 89.2 Å². The molecule has 0 aliphatic heterocycles. The number of aromatic nitrogens is 5. The van der Waals surface area contributed by atoms with Gasteiger partial charge >= 0.3 is 0 Å². The number of benzene rings is 1. The summed E-state index contributed by atoms with van der Waals surface area (Å²) >= 11 is 0. The van der Waals surface area contributed by atoms with Gasteiger partial charge in [0.05, 0.1) is 22.4 Å². The second kappa shape index (κ2) is 11.8. The van der Waals surface area contributed by atoms with E-state index in [1.54, 1.807) is 0 Å². The quantitative estimate of drug-likeness (QED) is 0.368. The van der Waals surface area contributed by atoms with Crippen molar-refractivity contribution in [1.29, 1.82) is 0 Å². The van der Waals surface area contributed by atoms with E-state index >= 15 is 0 Å². The van der Waals surface area contributed by atoms with Gasteiger partial charge in [0.25, 0.3) is 0 Å². The van der Waals surface area contributed by atoms with Crippen LogP contribution in [0.3, 0.4) is 0 Å². The molecule has 0 spiro atoms. The summed E-state index contributed by atoms with van der Waals surface area (Å²) in [6.07, 6.45) is 0. The van der Waals surface area contributed by atoms with Crippen molar-refractivity contribution in [3.8, 4) is 0 Å². The zero-order chi connectivity index (χ0) is 25.7. The number of hydrogen-bond donors (Lipinski definition) is 0. The molecular formula is C29H45N5.